The van der Waals surface area contributed by atoms with Crippen LogP contribution in [0.15, 0.2) is 24.3 Å². The number of halogens is 1. The van der Waals surface area contributed by atoms with Crippen LogP contribution in [0, 0.1) is 6.92 Å². The van der Waals surface area contributed by atoms with E-state index in [1.165, 1.54) is 4.90 Å². The van der Waals surface area contributed by atoms with Crippen LogP contribution in [0.4, 0.5) is 0 Å². The van der Waals surface area contributed by atoms with Crippen molar-refractivity contribution in [1.82, 2.24) is 19.7 Å². The summed E-state index contributed by atoms with van der Waals surface area (Å²) in [4.78, 5) is 29.4. The van der Waals surface area contributed by atoms with Crippen molar-refractivity contribution >= 4 is 23.4 Å². The first-order valence-electron chi connectivity index (χ1n) is 7.69. The van der Waals surface area contributed by atoms with Crippen molar-refractivity contribution in [3.8, 4) is 5.69 Å². The van der Waals surface area contributed by atoms with Gasteiger partial charge in [-0.3, -0.25) is 9.59 Å². The zero-order chi connectivity index (χ0) is 17.7. The molecule has 128 valence electrons. The largest absolute Gasteiger partial charge is 0.368 e. The molecule has 2 rings (SSSR count). The second-order valence-corrected chi connectivity index (χ2v) is 5.85. The van der Waals surface area contributed by atoms with Gasteiger partial charge >= 0.3 is 0 Å². The van der Waals surface area contributed by atoms with Crippen molar-refractivity contribution in [3.05, 3.63) is 40.9 Å². The number of carbonyl (C=O) groups is 2. The fourth-order valence-corrected chi connectivity index (χ4v) is 2.36. The molecule has 24 heavy (non-hydrogen) atoms. The molecular formula is C16H20ClN5O2. The molecule has 0 radical (unpaired) electrons. The summed E-state index contributed by atoms with van der Waals surface area (Å²) in [6, 6.07) is 7.05. The first-order valence-corrected chi connectivity index (χ1v) is 8.07. The lowest BCUT2D eigenvalue weighted by Crippen LogP contribution is -2.39. The Morgan fingerprint density at radius 2 is 1.96 bits per heavy atom. The molecule has 0 unspecified atom stereocenters. The fourth-order valence-electron chi connectivity index (χ4n) is 2.24. The molecule has 0 bridgehead atoms. The van der Waals surface area contributed by atoms with Crippen molar-refractivity contribution in [2.24, 2.45) is 5.73 Å². The van der Waals surface area contributed by atoms with Gasteiger partial charge in [0.25, 0.3) is 5.91 Å². The van der Waals surface area contributed by atoms with Crippen LogP contribution < -0.4 is 5.73 Å². The number of primary amides is 1. The summed E-state index contributed by atoms with van der Waals surface area (Å²) in [6.45, 7) is 4.05. The van der Waals surface area contributed by atoms with Gasteiger partial charge in [0.05, 0.1) is 12.2 Å². The molecule has 2 amide bonds. The Hall–Kier alpha value is -2.41. The Bertz CT molecular complexity index is 727. The van der Waals surface area contributed by atoms with E-state index < -0.39 is 11.8 Å². The van der Waals surface area contributed by atoms with Gasteiger partial charge in [0, 0.05) is 11.6 Å². The monoisotopic (exact) mass is 349 g/mol. The smallest absolute Gasteiger partial charge is 0.294 e. The molecule has 7 nitrogen and oxygen atoms in total. The van der Waals surface area contributed by atoms with E-state index in [0.717, 1.165) is 18.5 Å². The summed E-state index contributed by atoms with van der Waals surface area (Å²) in [5.74, 6) is -0.360. The summed E-state index contributed by atoms with van der Waals surface area (Å²) in [7, 11) is 0. The summed E-state index contributed by atoms with van der Waals surface area (Å²) < 4.78 is 1.56. The number of rotatable bonds is 7. The molecule has 0 aliphatic carbocycles. The number of carbonyl (C=O) groups excluding carboxylic acids is 2. The molecule has 1 aromatic carbocycles. The molecule has 0 atom stereocenters. The van der Waals surface area contributed by atoms with Gasteiger partial charge in [-0.1, -0.05) is 24.9 Å². The van der Waals surface area contributed by atoms with E-state index in [2.05, 4.69) is 10.1 Å². The van der Waals surface area contributed by atoms with Gasteiger partial charge in [-0.15, -0.1) is 5.10 Å². The topological polar surface area (TPSA) is 94.1 Å². The first kappa shape index (κ1) is 17.9. The SMILES string of the molecule is CCCCN(CC(N)=O)C(=O)c1nc(C)n(-c2ccc(Cl)cc2)n1. The van der Waals surface area contributed by atoms with E-state index in [1.54, 1.807) is 35.9 Å². The van der Waals surface area contributed by atoms with Gasteiger partial charge in [0.2, 0.25) is 11.7 Å². The lowest BCUT2D eigenvalue weighted by atomic mass is 10.3. The molecule has 8 heteroatoms. The number of aromatic nitrogens is 3. The number of nitrogens with two attached hydrogens (primary N) is 1. The maximum Gasteiger partial charge on any atom is 0.294 e. The van der Waals surface area contributed by atoms with Crippen molar-refractivity contribution in [1.29, 1.82) is 0 Å². The third-order valence-electron chi connectivity index (χ3n) is 3.45. The standard InChI is InChI=1S/C16H20ClN5O2/c1-3-4-9-21(10-14(18)23)16(24)15-19-11(2)22(20-15)13-7-5-12(17)6-8-13/h5-8H,3-4,9-10H2,1-2H3,(H2,18,23). The van der Waals surface area contributed by atoms with E-state index in [-0.39, 0.29) is 12.4 Å². The molecule has 1 aromatic heterocycles. The third kappa shape index (κ3) is 4.32. The summed E-state index contributed by atoms with van der Waals surface area (Å²) in [5, 5.41) is 4.88. The Morgan fingerprint density at radius 1 is 1.29 bits per heavy atom. The molecular weight excluding hydrogens is 330 g/mol. The van der Waals surface area contributed by atoms with Crippen molar-refractivity contribution in [2.75, 3.05) is 13.1 Å². The summed E-state index contributed by atoms with van der Waals surface area (Å²) in [5.41, 5.74) is 5.98. The highest BCUT2D eigenvalue weighted by Gasteiger charge is 2.22. The predicted octanol–water partition coefficient (Wildman–Crippen LogP) is 1.96. The van der Waals surface area contributed by atoms with Gasteiger partial charge in [0.15, 0.2) is 0 Å². The average Bonchev–Trinajstić information content (AvgIpc) is 2.93. The van der Waals surface area contributed by atoms with Crippen molar-refractivity contribution in [2.45, 2.75) is 26.7 Å². The minimum absolute atomic E-state index is 0.0415. The molecule has 0 saturated heterocycles. The van der Waals surface area contributed by atoms with Crippen LogP contribution >= 0.6 is 11.6 Å². The summed E-state index contributed by atoms with van der Waals surface area (Å²) >= 11 is 5.88. The zero-order valence-corrected chi connectivity index (χ0v) is 14.5. The second kappa shape index (κ2) is 7.92. The van der Waals surface area contributed by atoms with Gasteiger partial charge < -0.3 is 10.6 Å². The molecule has 1 heterocycles. The molecule has 2 N–H and O–H groups in total. The highest BCUT2D eigenvalue weighted by atomic mass is 35.5. The fraction of sp³-hybridized carbons (Fsp3) is 0.375. The number of benzene rings is 1. The number of hydrogen-bond acceptors (Lipinski definition) is 4. The molecule has 0 aliphatic rings. The van der Waals surface area contributed by atoms with Crippen LogP contribution in [0.5, 0.6) is 0 Å². The van der Waals surface area contributed by atoms with E-state index in [0.29, 0.717) is 17.4 Å². The maximum atomic E-state index is 12.6. The number of unbranched alkanes of at least 4 members (excludes halogenated alkanes) is 1. The number of hydrogen-bond donors (Lipinski definition) is 1. The van der Waals surface area contributed by atoms with E-state index in [4.69, 9.17) is 17.3 Å². The van der Waals surface area contributed by atoms with Gasteiger partial charge in [-0.2, -0.15) is 0 Å². The van der Waals surface area contributed by atoms with Crippen LogP contribution in [0.1, 0.15) is 36.2 Å². The number of nitrogens with zero attached hydrogens (tertiary/aromatic N) is 4. The molecule has 0 fully saturated rings. The Labute approximate surface area is 145 Å². The van der Waals surface area contributed by atoms with Crippen LogP contribution in [0.25, 0.3) is 5.69 Å². The molecule has 0 saturated carbocycles. The molecule has 0 aliphatic heterocycles. The first-order chi connectivity index (χ1) is 11.4. The molecule has 0 spiro atoms. The number of aryl methyl sites for hydroxylation is 1. The van der Waals surface area contributed by atoms with E-state index in [1.807, 2.05) is 6.92 Å². The highest BCUT2D eigenvalue weighted by Crippen LogP contribution is 2.15. The zero-order valence-electron chi connectivity index (χ0n) is 13.7. The van der Waals surface area contributed by atoms with Crippen LogP contribution in [-0.4, -0.2) is 44.6 Å². The minimum atomic E-state index is -0.562. The van der Waals surface area contributed by atoms with Crippen LogP contribution in [-0.2, 0) is 4.79 Å². The van der Waals surface area contributed by atoms with Crippen LogP contribution in [0.2, 0.25) is 5.02 Å². The van der Waals surface area contributed by atoms with Crippen molar-refractivity contribution < 1.29 is 9.59 Å². The molecule has 2 aromatic rings. The Kier molecular flexibility index (Phi) is 5.92. The quantitative estimate of drug-likeness (QED) is 0.826. The van der Waals surface area contributed by atoms with Crippen LogP contribution in [0.3, 0.4) is 0 Å². The third-order valence-corrected chi connectivity index (χ3v) is 3.70. The average molecular weight is 350 g/mol. The Morgan fingerprint density at radius 3 is 2.54 bits per heavy atom. The normalized spacial score (nSPS) is 10.6. The number of amides is 2. The second-order valence-electron chi connectivity index (χ2n) is 5.42. The minimum Gasteiger partial charge on any atom is -0.368 e. The van der Waals surface area contributed by atoms with E-state index in [9.17, 15) is 9.59 Å². The van der Waals surface area contributed by atoms with Gasteiger partial charge in [-0.05, 0) is 37.6 Å². The predicted molar refractivity (Wildman–Crippen MR) is 91.1 cm³/mol. The highest BCUT2D eigenvalue weighted by molar-refractivity contribution is 6.30. The Balaban J connectivity index is 2.27. The van der Waals surface area contributed by atoms with Crippen molar-refractivity contribution in [3.63, 3.8) is 0 Å². The van der Waals surface area contributed by atoms with Gasteiger partial charge in [-0.25, -0.2) is 9.67 Å². The lowest BCUT2D eigenvalue weighted by molar-refractivity contribution is -0.118. The summed E-state index contributed by atoms with van der Waals surface area (Å²) in [6.07, 6.45) is 1.67. The van der Waals surface area contributed by atoms with Gasteiger partial charge in [0.1, 0.15) is 5.82 Å². The maximum absolute atomic E-state index is 12.6. The lowest BCUT2D eigenvalue weighted by Gasteiger charge is -2.19. The van der Waals surface area contributed by atoms with E-state index >= 15 is 0 Å².